The molecule has 2 saturated heterocycles. The summed E-state index contributed by atoms with van der Waals surface area (Å²) in [6.07, 6.45) is 2.20. The van der Waals surface area contributed by atoms with Gasteiger partial charge in [0.1, 0.15) is 0 Å². The number of methoxy groups -OCH3 is 1. The molecule has 2 aliphatic heterocycles. The zero-order valence-electron chi connectivity index (χ0n) is 16.1. The molecule has 1 aromatic rings. The number of rotatable bonds is 4. The summed E-state index contributed by atoms with van der Waals surface area (Å²) < 4.78 is 5.56. The smallest absolute Gasteiger partial charge is 0.227 e. The third-order valence-electron chi connectivity index (χ3n) is 5.90. The number of amides is 1. The number of likely N-dealkylation sites (tertiary alicyclic amines) is 2. The summed E-state index contributed by atoms with van der Waals surface area (Å²) in [5.41, 5.74) is 0.0270. The monoisotopic (exact) mass is 364 g/mol. The highest BCUT2D eigenvalue weighted by Crippen LogP contribution is 2.45. The van der Waals surface area contributed by atoms with E-state index in [1.807, 2.05) is 39.2 Å². The second kappa shape index (κ2) is 7.37. The molecule has 0 unspecified atom stereocenters. The van der Waals surface area contributed by atoms with Gasteiger partial charge in [-0.15, -0.1) is 11.3 Å². The minimum atomic E-state index is -0.280. The standard InChI is InChI=1S/C20H32N2O2S/c1-19(2,3)18(23)22-9-7-20(8-10-22)15-21(12-16(20)14-24-4)13-17-6-5-11-25-17/h5-6,11,16H,7-10,12-15H2,1-4H3/t16-/m1/s1. The van der Waals surface area contributed by atoms with Crippen LogP contribution in [0.1, 0.15) is 38.5 Å². The fourth-order valence-electron chi connectivity index (χ4n) is 4.51. The molecular formula is C20H32N2O2S. The maximum Gasteiger partial charge on any atom is 0.227 e. The highest BCUT2D eigenvalue weighted by atomic mass is 32.1. The number of carbonyl (C=O) groups excluding carboxylic acids is 1. The van der Waals surface area contributed by atoms with E-state index in [0.29, 0.717) is 17.2 Å². The van der Waals surface area contributed by atoms with Gasteiger partial charge in [-0.2, -0.15) is 0 Å². The largest absolute Gasteiger partial charge is 0.384 e. The van der Waals surface area contributed by atoms with Crippen LogP contribution in [-0.4, -0.2) is 55.6 Å². The Bertz CT molecular complexity index is 571. The molecule has 0 aromatic carbocycles. The van der Waals surface area contributed by atoms with Gasteiger partial charge in [0.05, 0.1) is 6.61 Å². The lowest BCUT2D eigenvalue weighted by Gasteiger charge is -2.44. The number of carbonyl (C=O) groups is 1. The molecule has 25 heavy (non-hydrogen) atoms. The SMILES string of the molecule is COC[C@H]1CN(Cc2cccs2)CC12CCN(C(=O)C(C)(C)C)CC2. The van der Waals surface area contributed by atoms with Gasteiger partial charge in [0.25, 0.3) is 0 Å². The van der Waals surface area contributed by atoms with E-state index in [2.05, 4.69) is 27.3 Å². The summed E-state index contributed by atoms with van der Waals surface area (Å²) in [5, 5.41) is 2.16. The Labute approximate surface area is 156 Å². The summed E-state index contributed by atoms with van der Waals surface area (Å²) in [5.74, 6) is 0.864. The molecular weight excluding hydrogens is 332 g/mol. The maximum absolute atomic E-state index is 12.6. The number of hydrogen-bond acceptors (Lipinski definition) is 4. The lowest BCUT2D eigenvalue weighted by molar-refractivity contribution is -0.142. The van der Waals surface area contributed by atoms with Crippen LogP contribution in [0.15, 0.2) is 17.5 Å². The van der Waals surface area contributed by atoms with Crippen molar-refractivity contribution in [3.05, 3.63) is 22.4 Å². The van der Waals surface area contributed by atoms with Crippen LogP contribution in [-0.2, 0) is 16.1 Å². The van der Waals surface area contributed by atoms with Crippen molar-refractivity contribution in [3.63, 3.8) is 0 Å². The Kier molecular flexibility index (Phi) is 5.57. The van der Waals surface area contributed by atoms with Crippen LogP contribution in [0.25, 0.3) is 0 Å². The molecule has 0 bridgehead atoms. The second-order valence-electron chi connectivity index (χ2n) is 8.81. The van der Waals surface area contributed by atoms with Crippen molar-refractivity contribution in [1.82, 2.24) is 9.80 Å². The number of nitrogens with zero attached hydrogens (tertiary/aromatic N) is 2. The van der Waals surface area contributed by atoms with Crippen LogP contribution in [0, 0.1) is 16.7 Å². The summed E-state index contributed by atoms with van der Waals surface area (Å²) in [7, 11) is 1.81. The van der Waals surface area contributed by atoms with Crippen molar-refractivity contribution < 1.29 is 9.53 Å². The molecule has 140 valence electrons. The first kappa shape index (κ1) is 18.9. The van der Waals surface area contributed by atoms with Crippen LogP contribution in [0.5, 0.6) is 0 Å². The molecule has 1 spiro atoms. The zero-order valence-corrected chi connectivity index (χ0v) is 16.9. The van der Waals surface area contributed by atoms with E-state index in [1.165, 1.54) is 4.88 Å². The van der Waals surface area contributed by atoms with Crippen molar-refractivity contribution in [2.45, 2.75) is 40.2 Å². The summed E-state index contributed by atoms with van der Waals surface area (Å²) in [6.45, 7) is 12.0. The Balaban J connectivity index is 1.66. The molecule has 2 fully saturated rings. The van der Waals surface area contributed by atoms with Crippen molar-refractivity contribution in [1.29, 1.82) is 0 Å². The first-order valence-electron chi connectivity index (χ1n) is 9.37. The first-order valence-corrected chi connectivity index (χ1v) is 10.2. The normalized spacial score (nSPS) is 24.2. The summed E-state index contributed by atoms with van der Waals surface area (Å²) >= 11 is 1.84. The van der Waals surface area contributed by atoms with Crippen LogP contribution in [0.4, 0.5) is 0 Å². The molecule has 3 heterocycles. The quantitative estimate of drug-likeness (QED) is 0.820. The lowest BCUT2D eigenvalue weighted by Crippen LogP contribution is -2.49. The molecule has 1 atom stereocenters. The Morgan fingerprint density at radius 2 is 2.08 bits per heavy atom. The molecule has 5 heteroatoms. The van der Waals surface area contributed by atoms with E-state index in [9.17, 15) is 4.79 Å². The number of piperidine rings is 1. The number of thiophene rings is 1. The van der Waals surface area contributed by atoms with Gasteiger partial charge in [-0.05, 0) is 29.7 Å². The Morgan fingerprint density at radius 3 is 2.64 bits per heavy atom. The minimum Gasteiger partial charge on any atom is -0.384 e. The molecule has 0 saturated carbocycles. The van der Waals surface area contributed by atoms with Gasteiger partial charge >= 0.3 is 0 Å². The number of ether oxygens (including phenoxy) is 1. The minimum absolute atomic E-state index is 0.280. The highest BCUT2D eigenvalue weighted by molar-refractivity contribution is 7.09. The van der Waals surface area contributed by atoms with Gasteiger partial charge in [-0.3, -0.25) is 9.69 Å². The molecule has 1 amide bonds. The average Bonchev–Trinajstić information content (AvgIpc) is 3.17. The van der Waals surface area contributed by atoms with Crippen molar-refractivity contribution in [3.8, 4) is 0 Å². The zero-order chi connectivity index (χ0) is 18.1. The van der Waals surface area contributed by atoms with Gasteiger partial charge in [0.15, 0.2) is 0 Å². The van der Waals surface area contributed by atoms with E-state index in [4.69, 9.17) is 4.74 Å². The Hall–Kier alpha value is -0.910. The van der Waals surface area contributed by atoms with E-state index in [0.717, 1.165) is 52.2 Å². The van der Waals surface area contributed by atoms with Crippen LogP contribution in [0.3, 0.4) is 0 Å². The molecule has 1 aromatic heterocycles. The molecule has 4 nitrogen and oxygen atoms in total. The van der Waals surface area contributed by atoms with Gasteiger partial charge in [0, 0.05) is 56.0 Å². The molecule has 0 N–H and O–H groups in total. The third-order valence-corrected chi connectivity index (χ3v) is 6.76. The predicted molar refractivity (Wildman–Crippen MR) is 103 cm³/mol. The fourth-order valence-corrected chi connectivity index (χ4v) is 5.26. The maximum atomic E-state index is 12.6. The van der Waals surface area contributed by atoms with E-state index < -0.39 is 0 Å². The average molecular weight is 365 g/mol. The summed E-state index contributed by atoms with van der Waals surface area (Å²) in [6, 6.07) is 4.36. The van der Waals surface area contributed by atoms with Gasteiger partial charge in [0.2, 0.25) is 5.91 Å². The lowest BCUT2D eigenvalue weighted by atomic mass is 9.71. The van der Waals surface area contributed by atoms with Crippen LogP contribution >= 0.6 is 11.3 Å². The molecule has 3 rings (SSSR count). The fraction of sp³-hybridized carbons (Fsp3) is 0.750. The highest BCUT2D eigenvalue weighted by Gasteiger charge is 2.48. The summed E-state index contributed by atoms with van der Waals surface area (Å²) in [4.78, 5) is 18.7. The predicted octanol–water partition coefficient (Wildman–Crippen LogP) is 3.48. The van der Waals surface area contributed by atoms with Crippen molar-refractivity contribution in [2.75, 3.05) is 39.9 Å². The second-order valence-corrected chi connectivity index (χ2v) is 9.84. The van der Waals surface area contributed by atoms with E-state index in [-0.39, 0.29) is 5.41 Å². The van der Waals surface area contributed by atoms with Crippen molar-refractivity contribution >= 4 is 17.2 Å². The van der Waals surface area contributed by atoms with Crippen LogP contribution < -0.4 is 0 Å². The molecule has 0 radical (unpaired) electrons. The molecule has 0 aliphatic carbocycles. The first-order chi connectivity index (χ1) is 11.8. The van der Waals surface area contributed by atoms with Crippen molar-refractivity contribution in [2.24, 2.45) is 16.7 Å². The Morgan fingerprint density at radius 1 is 1.36 bits per heavy atom. The number of hydrogen-bond donors (Lipinski definition) is 0. The topological polar surface area (TPSA) is 32.8 Å². The van der Waals surface area contributed by atoms with E-state index >= 15 is 0 Å². The third kappa shape index (κ3) is 4.09. The molecule has 2 aliphatic rings. The van der Waals surface area contributed by atoms with Gasteiger partial charge in [-0.1, -0.05) is 26.8 Å². The van der Waals surface area contributed by atoms with E-state index in [1.54, 1.807) is 0 Å². The van der Waals surface area contributed by atoms with Crippen LogP contribution in [0.2, 0.25) is 0 Å². The van der Waals surface area contributed by atoms with Gasteiger partial charge < -0.3 is 9.64 Å². The van der Waals surface area contributed by atoms with Gasteiger partial charge in [-0.25, -0.2) is 0 Å².